The quantitative estimate of drug-likeness (QED) is 0.727. The van der Waals surface area contributed by atoms with Crippen molar-refractivity contribution in [3.63, 3.8) is 0 Å². The van der Waals surface area contributed by atoms with Gasteiger partial charge in [0.15, 0.2) is 0 Å². The predicted molar refractivity (Wildman–Crippen MR) is 40.2 cm³/mol. The molecule has 66 valence electrons. The van der Waals surface area contributed by atoms with E-state index in [4.69, 9.17) is 16.7 Å². The molecule has 1 N–H and O–H groups in total. The second kappa shape index (κ2) is 3.33. The van der Waals surface area contributed by atoms with Crippen LogP contribution in [0.2, 0.25) is 5.15 Å². The van der Waals surface area contributed by atoms with E-state index in [-0.39, 0.29) is 10.7 Å². The Kier molecular flexibility index (Phi) is 2.59. The maximum Gasteiger partial charge on any atom is 0.297 e. The van der Waals surface area contributed by atoms with E-state index >= 15 is 0 Å². The predicted octanol–water partition coefficient (Wildman–Crippen LogP) is 1.82. The summed E-state index contributed by atoms with van der Waals surface area (Å²) in [5.41, 5.74) is -0.339. The molecule has 12 heavy (non-hydrogen) atoms. The molecule has 1 rings (SSSR count). The third-order valence-corrected chi connectivity index (χ3v) is 1.57. The molecule has 0 saturated carbocycles. The molecule has 0 atom stereocenters. The first-order chi connectivity index (χ1) is 5.56. The molecule has 0 fully saturated rings. The molecule has 1 aromatic rings. The summed E-state index contributed by atoms with van der Waals surface area (Å²) in [5, 5.41) is 8.45. The van der Waals surface area contributed by atoms with E-state index in [1.807, 2.05) is 0 Å². The zero-order valence-corrected chi connectivity index (χ0v) is 6.72. The van der Waals surface area contributed by atoms with E-state index in [1.54, 1.807) is 0 Å². The van der Waals surface area contributed by atoms with Gasteiger partial charge in [-0.3, -0.25) is 0 Å². The number of aliphatic hydroxyl groups excluding tert-OH is 1. The van der Waals surface area contributed by atoms with Gasteiger partial charge in [0.2, 0.25) is 0 Å². The molecule has 1 aromatic heterocycles. The zero-order chi connectivity index (χ0) is 9.19. The topological polar surface area (TPSA) is 33.1 Å². The minimum Gasteiger partial charge on any atom is -0.390 e. The smallest absolute Gasteiger partial charge is 0.297 e. The average Bonchev–Trinajstić information content (AvgIpc) is 2.05. The van der Waals surface area contributed by atoms with Gasteiger partial charge in [-0.25, -0.2) is 4.98 Å². The normalized spacial score (nSPS) is 11.7. The fourth-order valence-electron chi connectivity index (χ4n) is 0.683. The number of aliphatic hydroxyl groups is 1. The highest BCUT2D eigenvalue weighted by Crippen LogP contribution is 2.26. The van der Waals surface area contributed by atoms with Crippen LogP contribution in [-0.4, -0.2) is 16.7 Å². The molecule has 5 heteroatoms. The molecule has 2 nitrogen and oxygen atoms in total. The Bertz CT molecular complexity index is 263. The van der Waals surface area contributed by atoms with Crippen molar-refractivity contribution in [3.05, 3.63) is 29.0 Å². The summed E-state index contributed by atoms with van der Waals surface area (Å²) in [4.78, 5) is 3.47. The van der Waals surface area contributed by atoms with Gasteiger partial charge >= 0.3 is 0 Å². The molecule has 1 heterocycles. The maximum absolute atomic E-state index is 12.7. The van der Waals surface area contributed by atoms with Gasteiger partial charge in [-0.1, -0.05) is 11.6 Å². The average molecular weight is 194 g/mol. The van der Waals surface area contributed by atoms with Gasteiger partial charge in [-0.05, 0) is 12.1 Å². The van der Waals surface area contributed by atoms with E-state index in [1.165, 1.54) is 6.07 Å². The molecule has 0 spiro atoms. The SMILES string of the molecule is OCC(F)(F)c1ccc(Cl)nc1. The van der Waals surface area contributed by atoms with Crippen LogP contribution in [0.15, 0.2) is 18.3 Å². The number of hydrogen-bond donors (Lipinski definition) is 1. The molecule has 0 aliphatic carbocycles. The van der Waals surface area contributed by atoms with Crippen LogP contribution in [0.25, 0.3) is 0 Å². The lowest BCUT2D eigenvalue weighted by atomic mass is 10.2. The molecule has 0 aliphatic rings. The Hall–Kier alpha value is -0.740. The standard InChI is InChI=1S/C7H6ClF2NO/c8-6-2-1-5(3-11-6)7(9,10)4-12/h1-3,12H,4H2. The Morgan fingerprint density at radius 1 is 1.50 bits per heavy atom. The van der Waals surface area contributed by atoms with E-state index in [2.05, 4.69) is 4.98 Å². The van der Waals surface area contributed by atoms with Crippen LogP contribution in [0.1, 0.15) is 5.56 Å². The van der Waals surface area contributed by atoms with Gasteiger partial charge < -0.3 is 5.11 Å². The molecular formula is C7H6ClF2NO. The number of pyridine rings is 1. The first-order valence-corrected chi connectivity index (χ1v) is 3.55. The molecule has 0 unspecified atom stereocenters. The lowest BCUT2D eigenvalue weighted by Crippen LogP contribution is -2.18. The number of rotatable bonds is 2. The van der Waals surface area contributed by atoms with Crippen LogP contribution in [0.3, 0.4) is 0 Å². The molecule has 0 saturated heterocycles. The molecular weight excluding hydrogens is 188 g/mol. The highest BCUT2D eigenvalue weighted by atomic mass is 35.5. The summed E-state index contributed by atoms with van der Waals surface area (Å²) in [7, 11) is 0. The number of halogens is 3. The van der Waals surface area contributed by atoms with Crippen LogP contribution >= 0.6 is 11.6 Å². The van der Waals surface area contributed by atoms with Gasteiger partial charge in [-0.15, -0.1) is 0 Å². The van der Waals surface area contributed by atoms with Crippen LogP contribution in [0, 0.1) is 0 Å². The Morgan fingerprint density at radius 3 is 2.58 bits per heavy atom. The molecule has 0 aliphatic heterocycles. The molecule has 0 amide bonds. The molecule has 0 aromatic carbocycles. The number of aromatic nitrogens is 1. The van der Waals surface area contributed by atoms with Gasteiger partial charge in [0.05, 0.1) is 0 Å². The van der Waals surface area contributed by atoms with E-state index in [0.717, 1.165) is 12.3 Å². The van der Waals surface area contributed by atoms with Crippen LogP contribution in [-0.2, 0) is 5.92 Å². The van der Waals surface area contributed by atoms with E-state index in [9.17, 15) is 8.78 Å². The van der Waals surface area contributed by atoms with Crippen LogP contribution in [0.5, 0.6) is 0 Å². The fraction of sp³-hybridized carbons (Fsp3) is 0.286. The Balaban J connectivity index is 2.96. The zero-order valence-electron chi connectivity index (χ0n) is 5.97. The fourth-order valence-corrected chi connectivity index (χ4v) is 0.795. The monoisotopic (exact) mass is 193 g/mol. The van der Waals surface area contributed by atoms with Crippen molar-refractivity contribution >= 4 is 11.6 Å². The van der Waals surface area contributed by atoms with Crippen molar-refractivity contribution in [2.45, 2.75) is 5.92 Å². The largest absolute Gasteiger partial charge is 0.390 e. The summed E-state index contributed by atoms with van der Waals surface area (Å²) in [5.74, 6) is -3.24. The van der Waals surface area contributed by atoms with E-state index < -0.39 is 12.5 Å². The Morgan fingerprint density at radius 2 is 2.17 bits per heavy atom. The number of alkyl halides is 2. The van der Waals surface area contributed by atoms with Gasteiger partial charge in [0, 0.05) is 11.8 Å². The van der Waals surface area contributed by atoms with E-state index in [0.29, 0.717) is 0 Å². The minimum absolute atomic E-state index is 0.146. The van der Waals surface area contributed by atoms with Gasteiger partial charge in [0.25, 0.3) is 5.92 Å². The summed E-state index contributed by atoms with van der Waals surface area (Å²) in [6.07, 6.45) is 0.943. The summed E-state index contributed by atoms with van der Waals surface area (Å²) >= 11 is 5.39. The van der Waals surface area contributed by atoms with Gasteiger partial charge in [-0.2, -0.15) is 8.78 Å². The van der Waals surface area contributed by atoms with Crippen LogP contribution in [0.4, 0.5) is 8.78 Å². The summed E-state index contributed by atoms with van der Waals surface area (Å²) in [6.45, 7) is -1.23. The van der Waals surface area contributed by atoms with Crippen molar-refractivity contribution in [3.8, 4) is 0 Å². The highest BCUT2D eigenvalue weighted by Gasteiger charge is 2.30. The minimum atomic E-state index is -3.24. The number of hydrogen-bond acceptors (Lipinski definition) is 2. The van der Waals surface area contributed by atoms with Crippen molar-refractivity contribution < 1.29 is 13.9 Å². The van der Waals surface area contributed by atoms with Gasteiger partial charge in [0.1, 0.15) is 11.8 Å². The lowest BCUT2D eigenvalue weighted by molar-refractivity contribution is -0.0558. The lowest BCUT2D eigenvalue weighted by Gasteiger charge is -2.12. The third-order valence-electron chi connectivity index (χ3n) is 1.35. The van der Waals surface area contributed by atoms with Crippen molar-refractivity contribution in [1.29, 1.82) is 0 Å². The first-order valence-electron chi connectivity index (χ1n) is 3.17. The molecule has 0 bridgehead atoms. The van der Waals surface area contributed by atoms with Crippen LogP contribution < -0.4 is 0 Å². The summed E-state index contributed by atoms with van der Waals surface area (Å²) in [6, 6.07) is 2.38. The molecule has 0 radical (unpaired) electrons. The third kappa shape index (κ3) is 1.89. The van der Waals surface area contributed by atoms with Crippen molar-refractivity contribution in [2.24, 2.45) is 0 Å². The second-order valence-corrected chi connectivity index (χ2v) is 2.62. The Labute approximate surface area is 72.8 Å². The first kappa shape index (κ1) is 9.35. The van der Waals surface area contributed by atoms with Crippen molar-refractivity contribution in [1.82, 2.24) is 4.98 Å². The number of nitrogens with zero attached hydrogens (tertiary/aromatic N) is 1. The van der Waals surface area contributed by atoms with Crippen molar-refractivity contribution in [2.75, 3.05) is 6.61 Å². The second-order valence-electron chi connectivity index (χ2n) is 2.23. The maximum atomic E-state index is 12.7. The highest BCUT2D eigenvalue weighted by molar-refractivity contribution is 6.29. The summed E-state index contributed by atoms with van der Waals surface area (Å²) < 4.78 is 25.4.